The van der Waals surface area contributed by atoms with Crippen molar-refractivity contribution in [1.29, 1.82) is 0 Å². The summed E-state index contributed by atoms with van der Waals surface area (Å²) in [6, 6.07) is 13.7. The van der Waals surface area contributed by atoms with E-state index in [0.717, 1.165) is 46.6 Å². The molecular weight excluding hydrogens is 312 g/mol. The van der Waals surface area contributed by atoms with E-state index in [1.165, 1.54) is 0 Å². The molecule has 3 nitrogen and oxygen atoms in total. The number of hydrogen-bond donors (Lipinski definition) is 0. The van der Waals surface area contributed by atoms with Gasteiger partial charge in [0.15, 0.2) is 17.3 Å². The summed E-state index contributed by atoms with van der Waals surface area (Å²) < 4.78 is 11.5. The highest BCUT2D eigenvalue weighted by Crippen LogP contribution is 2.32. The standard InChI is InChI=1S/C22H24O3/c1-3-5-12-25-20-11-10-16(14-21(20)24-4-2)13-18-15-17-8-6-7-9-19(17)22(18)23/h6-11,13-14H,3-5,12,15H2,1-2H3. The van der Waals surface area contributed by atoms with Crippen LogP contribution in [0.2, 0.25) is 0 Å². The fraction of sp³-hybridized carbons (Fsp3) is 0.318. The third-order valence-corrected chi connectivity index (χ3v) is 4.30. The van der Waals surface area contributed by atoms with E-state index >= 15 is 0 Å². The Morgan fingerprint density at radius 3 is 2.64 bits per heavy atom. The molecule has 0 unspecified atom stereocenters. The Bertz CT molecular complexity index is 790. The van der Waals surface area contributed by atoms with Gasteiger partial charge in [-0.15, -0.1) is 0 Å². The zero-order valence-electron chi connectivity index (χ0n) is 14.9. The maximum atomic E-state index is 12.5. The summed E-state index contributed by atoms with van der Waals surface area (Å²) in [5.74, 6) is 1.62. The summed E-state index contributed by atoms with van der Waals surface area (Å²) in [4.78, 5) is 12.5. The third kappa shape index (κ3) is 3.93. The number of carbonyl (C=O) groups excluding carboxylic acids is 1. The summed E-state index contributed by atoms with van der Waals surface area (Å²) in [5, 5.41) is 0. The van der Waals surface area contributed by atoms with E-state index < -0.39 is 0 Å². The second-order valence-electron chi connectivity index (χ2n) is 6.17. The Labute approximate surface area is 149 Å². The topological polar surface area (TPSA) is 35.5 Å². The number of fused-ring (bicyclic) bond motifs is 1. The molecular formula is C22H24O3. The summed E-state index contributed by atoms with van der Waals surface area (Å²) in [7, 11) is 0. The minimum Gasteiger partial charge on any atom is -0.490 e. The number of ketones is 1. The monoisotopic (exact) mass is 336 g/mol. The van der Waals surface area contributed by atoms with Crippen molar-refractivity contribution in [3.05, 3.63) is 64.7 Å². The van der Waals surface area contributed by atoms with Crippen LogP contribution in [-0.4, -0.2) is 19.0 Å². The van der Waals surface area contributed by atoms with Gasteiger partial charge in [0.2, 0.25) is 0 Å². The van der Waals surface area contributed by atoms with Gasteiger partial charge in [-0.1, -0.05) is 43.7 Å². The first-order chi connectivity index (χ1) is 12.2. The normalized spacial score (nSPS) is 14.6. The average molecular weight is 336 g/mol. The molecule has 2 aromatic rings. The van der Waals surface area contributed by atoms with Gasteiger partial charge >= 0.3 is 0 Å². The Kier molecular flexibility index (Phi) is 5.54. The van der Waals surface area contributed by atoms with Gasteiger partial charge in [-0.2, -0.15) is 0 Å². The highest BCUT2D eigenvalue weighted by molar-refractivity contribution is 6.15. The quantitative estimate of drug-likeness (QED) is 0.522. The average Bonchev–Trinajstić information content (AvgIpc) is 2.93. The van der Waals surface area contributed by atoms with E-state index in [1.54, 1.807) is 0 Å². The molecule has 0 amide bonds. The Morgan fingerprint density at radius 1 is 1.04 bits per heavy atom. The summed E-state index contributed by atoms with van der Waals surface area (Å²) in [5.41, 5.74) is 3.70. The summed E-state index contributed by atoms with van der Waals surface area (Å²) in [6.07, 6.45) is 4.76. The number of unbranched alkanes of at least 4 members (excludes halogenated alkanes) is 1. The second kappa shape index (κ2) is 8.02. The van der Waals surface area contributed by atoms with Crippen LogP contribution >= 0.6 is 0 Å². The minimum atomic E-state index is 0.122. The van der Waals surface area contributed by atoms with Gasteiger partial charge in [-0.05, 0) is 42.7 Å². The third-order valence-electron chi connectivity index (χ3n) is 4.30. The number of carbonyl (C=O) groups is 1. The number of hydrogen-bond acceptors (Lipinski definition) is 3. The van der Waals surface area contributed by atoms with Crippen LogP contribution in [0.1, 0.15) is 48.2 Å². The van der Waals surface area contributed by atoms with Crippen molar-refractivity contribution in [1.82, 2.24) is 0 Å². The van der Waals surface area contributed by atoms with E-state index in [4.69, 9.17) is 9.47 Å². The van der Waals surface area contributed by atoms with Gasteiger partial charge in [-0.3, -0.25) is 4.79 Å². The van der Waals surface area contributed by atoms with Crippen molar-refractivity contribution in [3.63, 3.8) is 0 Å². The number of benzene rings is 2. The minimum absolute atomic E-state index is 0.122. The molecule has 1 aliphatic carbocycles. The van der Waals surface area contributed by atoms with Gasteiger partial charge in [0.1, 0.15) is 0 Å². The van der Waals surface area contributed by atoms with Crippen LogP contribution in [0.3, 0.4) is 0 Å². The lowest BCUT2D eigenvalue weighted by Crippen LogP contribution is -2.01. The molecule has 3 rings (SSSR count). The molecule has 25 heavy (non-hydrogen) atoms. The first kappa shape index (κ1) is 17.3. The van der Waals surface area contributed by atoms with E-state index in [-0.39, 0.29) is 5.78 Å². The molecule has 0 saturated carbocycles. The molecule has 2 aromatic carbocycles. The SMILES string of the molecule is CCCCOc1ccc(C=C2Cc3ccccc3C2=O)cc1OCC. The van der Waals surface area contributed by atoms with Crippen molar-refractivity contribution in [2.75, 3.05) is 13.2 Å². The number of Topliss-reactive ketones (excluding diaryl/α,β-unsaturated/α-hetero) is 1. The Morgan fingerprint density at radius 2 is 1.88 bits per heavy atom. The van der Waals surface area contributed by atoms with Crippen LogP contribution in [0.15, 0.2) is 48.0 Å². The van der Waals surface area contributed by atoms with Crippen LogP contribution in [0.5, 0.6) is 11.5 Å². The fourth-order valence-electron chi connectivity index (χ4n) is 3.00. The maximum absolute atomic E-state index is 12.5. The van der Waals surface area contributed by atoms with Crippen molar-refractivity contribution in [2.24, 2.45) is 0 Å². The molecule has 1 aliphatic rings. The van der Waals surface area contributed by atoms with Crippen LogP contribution in [0.25, 0.3) is 6.08 Å². The molecule has 0 heterocycles. The molecule has 0 aromatic heterocycles. The smallest absolute Gasteiger partial charge is 0.189 e. The van der Waals surface area contributed by atoms with E-state index in [1.807, 2.05) is 55.5 Å². The van der Waals surface area contributed by atoms with E-state index in [2.05, 4.69) is 6.92 Å². The van der Waals surface area contributed by atoms with E-state index in [0.29, 0.717) is 19.6 Å². The fourth-order valence-corrected chi connectivity index (χ4v) is 3.00. The first-order valence-electron chi connectivity index (χ1n) is 8.95. The molecule has 0 fully saturated rings. The zero-order valence-corrected chi connectivity index (χ0v) is 14.9. The Hall–Kier alpha value is -2.55. The van der Waals surface area contributed by atoms with Crippen molar-refractivity contribution in [2.45, 2.75) is 33.1 Å². The lowest BCUT2D eigenvalue weighted by atomic mass is 10.1. The highest BCUT2D eigenvalue weighted by Gasteiger charge is 2.24. The van der Waals surface area contributed by atoms with Crippen molar-refractivity contribution < 1.29 is 14.3 Å². The van der Waals surface area contributed by atoms with Crippen LogP contribution in [-0.2, 0) is 6.42 Å². The first-order valence-corrected chi connectivity index (χ1v) is 8.95. The molecule has 0 aliphatic heterocycles. The molecule has 130 valence electrons. The summed E-state index contributed by atoms with van der Waals surface area (Å²) >= 11 is 0. The van der Waals surface area contributed by atoms with Crippen molar-refractivity contribution in [3.8, 4) is 11.5 Å². The molecule has 0 bridgehead atoms. The van der Waals surface area contributed by atoms with Gasteiger partial charge in [-0.25, -0.2) is 0 Å². The molecule has 0 radical (unpaired) electrons. The van der Waals surface area contributed by atoms with Gasteiger partial charge < -0.3 is 9.47 Å². The predicted octanol–water partition coefficient (Wildman–Crippen LogP) is 5.09. The maximum Gasteiger partial charge on any atom is 0.189 e. The van der Waals surface area contributed by atoms with Gasteiger partial charge in [0.25, 0.3) is 0 Å². The highest BCUT2D eigenvalue weighted by atomic mass is 16.5. The molecule has 3 heteroatoms. The van der Waals surface area contributed by atoms with Gasteiger partial charge in [0.05, 0.1) is 13.2 Å². The lowest BCUT2D eigenvalue weighted by molar-refractivity contribution is 0.104. The predicted molar refractivity (Wildman–Crippen MR) is 100 cm³/mol. The largest absolute Gasteiger partial charge is 0.490 e. The summed E-state index contributed by atoms with van der Waals surface area (Å²) in [6.45, 7) is 5.36. The molecule has 0 atom stereocenters. The number of allylic oxidation sites excluding steroid dienone is 1. The number of ether oxygens (including phenoxy) is 2. The second-order valence-corrected chi connectivity index (χ2v) is 6.17. The van der Waals surface area contributed by atoms with E-state index in [9.17, 15) is 4.79 Å². The molecule has 0 saturated heterocycles. The van der Waals surface area contributed by atoms with Crippen LogP contribution < -0.4 is 9.47 Å². The Balaban J connectivity index is 1.83. The molecule has 0 spiro atoms. The molecule has 0 N–H and O–H groups in total. The van der Waals surface area contributed by atoms with Crippen molar-refractivity contribution >= 4 is 11.9 Å². The van der Waals surface area contributed by atoms with Gasteiger partial charge in [0, 0.05) is 17.6 Å². The van der Waals surface area contributed by atoms with Crippen LogP contribution in [0, 0.1) is 0 Å². The van der Waals surface area contributed by atoms with Crippen LogP contribution in [0.4, 0.5) is 0 Å². The lowest BCUT2D eigenvalue weighted by Gasteiger charge is -2.12. The number of rotatable bonds is 7. The zero-order chi connectivity index (χ0) is 17.6.